The van der Waals surface area contributed by atoms with Gasteiger partial charge in [-0.25, -0.2) is 0 Å². The van der Waals surface area contributed by atoms with Crippen LogP contribution in [0.4, 0.5) is 0 Å². The van der Waals surface area contributed by atoms with E-state index in [1.165, 1.54) is 11.1 Å². The number of furan rings is 1. The fourth-order valence-corrected chi connectivity index (χ4v) is 4.60. The van der Waals surface area contributed by atoms with Gasteiger partial charge in [-0.05, 0) is 80.3 Å². The molecule has 1 amide bonds. The number of rotatable bonds is 10. The lowest BCUT2D eigenvalue weighted by molar-refractivity contribution is 0.0916. The van der Waals surface area contributed by atoms with E-state index in [2.05, 4.69) is 54.8 Å². The third-order valence-corrected chi connectivity index (χ3v) is 7.10. The highest BCUT2D eigenvalue weighted by Gasteiger charge is 2.18. The van der Waals surface area contributed by atoms with Crippen molar-refractivity contribution in [2.24, 2.45) is 0 Å². The predicted molar refractivity (Wildman–Crippen MR) is 154 cm³/mol. The lowest BCUT2D eigenvalue weighted by Crippen LogP contribution is -2.39. The molecule has 3 aromatic carbocycles. The van der Waals surface area contributed by atoms with Crippen LogP contribution in [0.25, 0.3) is 11.3 Å². The zero-order valence-corrected chi connectivity index (χ0v) is 23.0. The smallest absolute Gasteiger partial charge is 0.253 e. The van der Waals surface area contributed by atoms with Crippen molar-refractivity contribution in [2.45, 2.75) is 45.8 Å². The SMILES string of the molecule is Cc1ccc(C(C)NCc2ccc(-c3ccc(Cl)c(C(=O)NC(CO)Cc4ccc(C#N)c(C)c4)c3)o2)cc1. The minimum absolute atomic E-state index is 0.164. The average molecular weight is 542 g/mol. The Morgan fingerprint density at radius 2 is 1.82 bits per heavy atom. The first-order valence-corrected chi connectivity index (χ1v) is 13.2. The number of nitrogens with zero attached hydrogens (tertiary/aromatic N) is 1. The van der Waals surface area contributed by atoms with Crippen LogP contribution >= 0.6 is 11.6 Å². The monoisotopic (exact) mass is 541 g/mol. The quantitative estimate of drug-likeness (QED) is 0.220. The van der Waals surface area contributed by atoms with E-state index in [9.17, 15) is 9.90 Å². The van der Waals surface area contributed by atoms with Gasteiger partial charge in [0, 0.05) is 11.6 Å². The Morgan fingerprint density at radius 3 is 2.51 bits per heavy atom. The molecule has 0 aliphatic carbocycles. The van der Waals surface area contributed by atoms with E-state index < -0.39 is 6.04 Å². The molecular weight excluding hydrogens is 510 g/mol. The molecule has 0 bridgehead atoms. The summed E-state index contributed by atoms with van der Waals surface area (Å²) in [5.41, 5.74) is 5.83. The van der Waals surface area contributed by atoms with Crippen molar-refractivity contribution in [3.05, 3.63) is 117 Å². The Labute approximate surface area is 234 Å². The second-order valence-corrected chi connectivity index (χ2v) is 10.2. The van der Waals surface area contributed by atoms with Gasteiger partial charge >= 0.3 is 0 Å². The lowest BCUT2D eigenvalue weighted by Gasteiger charge is -2.18. The molecule has 39 heavy (non-hydrogen) atoms. The summed E-state index contributed by atoms with van der Waals surface area (Å²) in [7, 11) is 0. The maximum atomic E-state index is 13.1. The van der Waals surface area contributed by atoms with E-state index in [1.54, 1.807) is 18.2 Å². The number of carbonyl (C=O) groups is 1. The molecule has 0 saturated carbocycles. The Hall–Kier alpha value is -3.89. The first kappa shape index (κ1) is 28.1. The number of carbonyl (C=O) groups excluding carboxylic acids is 1. The van der Waals surface area contributed by atoms with Gasteiger partial charge in [0.2, 0.25) is 0 Å². The summed E-state index contributed by atoms with van der Waals surface area (Å²) in [6.07, 6.45) is 0.418. The topological polar surface area (TPSA) is 98.3 Å². The number of aryl methyl sites for hydroxylation is 2. The zero-order chi connectivity index (χ0) is 27.9. The Balaban J connectivity index is 1.42. The molecule has 0 aliphatic rings. The minimum atomic E-state index is -0.513. The zero-order valence-electron chi connectivity index (χ0n) is 22.3. The van der Waals surface area contributed by atoms with Gasteiger partial charge in [0.05, 0.1) is 41.4 Å². The Morgan fingerprint density at radius 1 is 1.05 bits per heavy atom. The van der Waals surface area contributed by atoms with Crippen LogP contribution in [0.2, 0.25) is 5.02 Å². The number of hydrogen-bond donors (Lipinski definition) is 3. The van der Waals surface area contributed by atoms with Gasteiger partial charge in [-0.2, -0.15) is 5.26 Å². The largest absolute Gasteiger partial charge is 0.460 e. The molecule has 0 aliphatic heterocycles. The average Bonchev–Trinajstić information content (AvgIpc) is 3.41. The molecule has 4 rings (SSSR count). The molecule has 0 saturated heterocycles. The van der Waals surface area contributed by atoms with E-state index >= 15 is 0 Å². The van der Waals surface area contributed by atoms with Crippen molar-refractivity contribution in [3.8, 4) is 17.4 Å². The van der Waals surface area contributed by atoms with E-state index in [4.69, 9.17) is 21.3 Å². The fraction of sp³-hybridized carbons (Fsp3) is 0.250. The Bertz CT molecular complexity index is 1490. The lowest BCUT2D eigenvalue weighted by atomic mass is 10.0. The van der Waals surface area contributed by atoms with E-state index in [-0.39, 0.29) is 18.6 Å². The first-order chi connectivity index (χ1) is 18.8. The van der Waals surface area contributed by atoms with Crippen LogP contribution in [0.1, 0.15) is 56.9 Å². The van der Waals surface area contributed by atoms with Gasteiger partial charge in [0.1, 0.15) is 11.5 Å². The van der Waals surface area contributed by atoms with Crippen molar-refractivity contribution in [3.63, 3.8) is 0 Å². The summed E-state index contributed by atoms with van der Waals surface area (Å²) in [5, 5.41) is 25.7. The normalized spacial score (nSPS) is 12.5. The van der Waals surface area contributed by atoms with E-state index in [0.29, 0.717) is 34.9 Å². The number of aliphatic hydroxyl groups is 1. The third kappa shape index (κ3) is 7.15. The van der Waals surface area contributed by atoms with Crippen molar-refractivity contribution in [1.82, 2.24) is 10.6 Å². The van der Waals surface area contributed by atoms with Gasteiger partial charge < -0.3 is 20.2 Å². The molecule has 4 aromatic rings. The van der Waals surface area contributed by atoms with Gasteiger partial charge in [-0.15, -0.1) is 0 Å². The standard InChI is InChI=1S/C32H32ClN3O3/c1-20-4-7-24(8-5-20)22(3)35-18-28-11-13-31(39-28)25-10-12-30(33)29(16-25)32(38)36-27(19-37)15-23-6-9-26(17-34)21(2)14-23/h4-14,16,22,27,35,37H,15,18-19H2,1-3H3,(H,36,38). The van der Waals surface area contributed by atoms with Crippen molar-refractivity contribution in [2.75, 3.05) is 6.61 Å². The van der Waals surface area contributed by atoms with Crippen LogP contribution in [-0.2, 0) is 13.0 Å². The second-order valence-electron chi connectivity index (χ2n) is 9.79. The molecule has 2 atom stereocenters. The summed E-state index contributed by atoms with van der Waals surface area (Å²) in [6.45, 7) is 6.36. The summed E-state index contributed by atoms with van der Waals surface area (Å²) in [5.74, 6) is 1.03. The van der Waals surface area contributed by atoms with Crippen LogP contribution in [-0.4, -0.2) is 23.7 Å². The van der Waals surface area contributed by atoms with Gasteiger partial charge in [-0.1, -0.05) is 53.6 Å². The molecular formula is C32H32ClN3O3. The molecule has 200 valence electrons. The van der Waals surface area contributed by atoms with E-state index in [0.717, 1.165) is 22.5 Å². The van der Waals surface area contributed by atoms with Crippen molar-refractivity contribution < 1.29 is 14.3 Å². The van der Waals surface area contributed by atoms with Crippen LogP contribution in [0.15, 0.2) is 77.2 Å². The minimum Gasteiger partial charge on any atom is -0.460 e. The highest BCUT2D eigenvalue weighted by molar-refractivity contribution is 6.34. The molecule has 0 radical (unpaired) electrons. The van der Waals surface area contributed by atoms with E-state index in [1.807, 2.05) is 37.3 Å². The van der Waals surface area contributed by atoms with Crippen LogP contribution in [0, 0.1) is 25.2 Å². The third-order valence-electron chi connectivity index (χ3n) is 6.77. The molecule has 7 heteroatoms. The highest BCUT2D eigenvalue weighted by Crippen LogP contribution is 2.27. The molecule has 6 nitrogen and oxygen atoms in total. The number of halogens is 1. The van der Waals surface area contributed by atoms with Gasteiger partial charge in [0.25, 0.3) is 5.91 Å². The predicted octanol–water partition coefficient (Wildman–Crippen LogP) is 6.27. The maximum Gasteiger partial charge on any atom is 0.253 e. The number of nitrogens with one attached hydrogen (secondary N) is 2. The molecule has 0 spiro atoms. The van der Waals surface area contributed by atoms with Gasteiger partial charge in [0.15, 0.2) is 0 Å². The second kappa shape index (κ2) is 12.8. The maximum absolute atomic E-state index is 13.1. The first-order valence-electron chi connectivity index (χ1n) is 12.9. The summed E-state index contributed by atoms with van der Waals surface area (Å²) >= 11 is 6.38. The molecule has 2 unspecified atom stereocenters. The number of hydrogen-bond acceptors (Lipinski definition) is 5. The number of amides is 1. The van der Waals surface area contributed by atoms with Crippen molar-refractivity contribution >= 4 is 17.5 Å². The number of nitriles is 1. The Kier molecular flexibility index (Phi) is 9.21. The van der Waals surface area contributed by atoms with Crippen LogP contribution in [0.5, 0.6) is 0 Å². The summed E-state index contributed by atoms with van der Waals surface area (Å²) in [6, 6.07) is 24.7. The molecule has 3 N–H and O–H groups in total. The van der Waals surface area contributed by atoms with Crippen LogP contribution < -0.4 is 10.6 Å². The van der Waals surface area contributed by atoms with Gasteiger partial charge in [-0.3, -0.25) is 4.79 Å². The molecule has 0 fully saturated rings. The van der Waals surface area contributed by atoms with Crippen molar-refractivity contribution in [1.29, 1.82) is 5.26 Å². The summed E-state index contributed by atoms with van der Waals surface area (Å²) in [4.78, 5) is 13.1. The fourth-order valence-electron chi connectivity index (χ4n) is 4.39. The van der Waals surface area contributed by atoms with Crippen LogP contribution in [0.3, 0.4) is 0 Å². The number of aliphatic hydroxyl groups excluding tert-OH is 1. The molecule has 1 aromatic heterocycles. The molecule has 1 heterocycles. The summed E-state index contributed by atoms with van der Waals surface area (Å²) < 4.78 is 6.06. The number of benzene rings is 3. The highest BCUT2D eigenvalue weighted by atomic mass is 35.5.